The first kappa shape index (κ1) is 21.1. The molecule has 1 aromatic carbocycles. The zero-order chi connectivity index (χ0) is 21.0. The molecule has 0 bridgehead atoms. The molecule has 1 N–H and O–H groups in total. The number of benzene rings is 1. The molecule has 10 heteroatoms. The van der Waals surface area contributed by atoms with Crippen LogP contribution in [0.4, 0.5) is 9.18 Å². The van der Waals surface area contributed by atoms with Gasteiger partial charge in [-0.1, -0.05) is 23.4 Å². The quantitative estimate of drug-likeness (QED) is 0.666. The molecule has 1 aromatic heterocycles. The van der Waals surface area contributed by atoms with Crippen molar-refractivity contribution in [2.75, 3.05) is 13.1 Å². The summed E-state index contributed by atoms with van der Waals surface area (Å²) in [5.74, 6) is -1.24. The second-order valence-electron chi connectivity index (χ2n) is 6.23. The van der Waals surface area contributed by atoms with Gasteiger partial charge in [0.25, 0.3) is 11.1 Å². The van der Waals surface area contributed by atoms with Gasteiger partial charge in [0.15, 0.2) is 0 Å². The maximum absolute atomic E-state index is 13.8. The number of nitrogens with one attached hydrogen (secondary N) is 1. The lowest BCUT2D eigenvalue weighted by Crippen LogP contribution is -2.37. The van der Waals surface area contributed by atoms with E-state index in [0.29, 0.717) is 17.7 Å². The smallest absolute Gasteiger partial charge is 0.293 e. The second kappa shape index (κ2) is 9.23. The van der Waals surface area contributed by atoms with Crippen LogP contribution in [0.1, 0.15) is 23.2 Å². The van der Waals surface area contributed by atoms with Crippen LogP contribution in [0.5, 0.6) is 0 Å². The number of nitrogens with zero attached hydrogens (tertiary/aromatic N) is 2. The minimum atomic E-state index is -0.510. The Balaban J connectivity index is 1.50. The van der Waals surface area contributed by atoms with Crippen molar-refractivity contribution >= 4 is 46.5 Å². The summed E-state index contributed by atoms with van der Waals surface area (Å²) in [4.78, 5) is 37.7. The minimum absolute atomic E-state index is 0.0259. The van der Waals surface area contributed by atoms with Crippen molar-refractivity contribution in [3.05, 3.63) is 57.0 Å². The van der Waals surface area contributed by atoms with Crippen molar-refractivity contribution in [1.82, 2.24) is 15.4 Å². The third-order valence-electron chi connectivity index (χ3n) is 4.26. The van der Waals surface area contributed by atoms with Gasteiger partial charge in [0.1, 0.15) is 5.82 Å². The van der Waals surface area contributed by atoms with E-state index in [1.54, 1.807) is 19.1 Å². The lowest BCUT2D eigenvalue weighted by atomic mass is 10.1. The van der Waals surface area contributed by atoms with Gasteiger partial charge in [-0.2, -0.15) is 0 Å². The highest BCUT2D eigenvalue weighted by Crippen LogP contribution is 2.32. The number of hydrogen-bond acceptors (Lipinski definition) is 6. The fourth-order valence-corrected chi connectivity index (χ4v) is 3.82. The van der Waals surface area contributed by atoms with Gasteiger partial charge in [-0.3, -0.25) is 19.3 Å². The van der Waals surface area contributed by atoms with Gasteiger partial charge in [-0.15, -0.1) is 0 Å². The van der Waals surface area contributed by atoms with Gasteiger partial charge in [-0.05, 0) is 48.8 Å². The molecule has 29 heavy (non-hydrogen) atoms. The standard InChI is InChI=1S/C19H17ClFN3O4S/c1-11-13(17(20)28-23-11)6-7-16(25)22-8-9-24-18(26)15(29-19(24)27)10-12-4-2-3-5-14(12)21/h2-5,10H,6-9H2,1H3,(H,22,25)/b15-10-. The maximum atomic E-state index is 13.8. The van der Waals surface area contributed by atoms with E-state index in [-0.39, 0.29) is 41.1 Å². The van der Waals surface area contributed by atoms with Crippen LogP contribution in [0, 0.1) is 12.7 Å². The minimum Gasteiger partial charge on any atom is -0.354 e. The number of thioether (sulfide) groups is 1. The summed E-state index contributed by atoms with van der Waals surface area (Å²) >= 11 is 6.60. The molecule has 2 heterocycles. The van der Waals surface area contributed by atoms with Crippen molar-refractivity contribution in [3.63, 3.8) is 0 Å². The fourth-order valence-electron chi connectivity index (χ4n) is 2.70. The zero-order valence-electron chi connectivity index (χ0n) is 15.4. The molecule has 0 spiro atoms. The van der Waals surface area contributed by atoms with E-state index in [1.807, 2.05) is 0 Å². The van der Waals surface area contributed by atoms with E-state index in [9.17, 15) is 18.8 Å². The first-order chi connectivity index (χ1) is 13.9. The summed E-state index contributed by atoms with van der Waals surface area (Å²) in [5.41, 5.74) is 1.53. The summed E-state index contributed by atoms with van der Waals surface area (Å²) < 4.78 is 18.6. The molecule has 1 aliphatic rings. The van der Waals surface area contributed by atoms with E-state index in [1.165, 1.54) is 18.2 Å². The van der Waals surface area contributed by atoms with Crippen LogP contribution < -0.4 is 5.32 Å². The average molecular weight is 438 g/mol. The molecular formula is C19H17ClFN3O4S. The van der Waals surface area contributed by atoms with Crippen LogP contribution in [0.2, 0.25) is 5.22 Å². The summed E-state index contributed by atoms with van der Waals surface area (Å²) in [6, 6.07) is 5.98. The topological polar surface area (TPSA) is 92.5 Å². The first-order valence-electron chi connectivity index (χ1n) is 8.74. The van der Waals surface area contributed by atoms with Crippen LogP contribution in [0.3, 0.4) is 0 Å². The van der Waals surface area contributed by atoms with Crippen molar-refractivity contribution in [2.24, 2.45) is 0 Å². The number of hydrogen-bond donors (Lipinski definition) is 1. The molecule has 1 fully saturated rings. The average Bonchev–Trinajstić information content (AvgIpc) is 3.14. The number of rotatable bonds is 7. The molecule has 0 radical (unpaired) electrons. The Morgan fingerprint density at radius 2 is 2.14 bits per heavy atom. The first-order valence-corrected chi connectivity index (χ1v) is 9.93. The molecule has 0 atom stereocenters. The van der Waals surface area contributed by atoms with Crippen molar-refractivity contribution in [1.29, 1.82) is 0 Å². The van der Waals surface area contributed by atoms with E-state index >= 15 is 0 Å². The summed E-state index contributed by atoms with van der Waals surface area (Å²) in [6.45, 7) is 1.87. The number of carbonyl (C=O) groups excluding carboxylic acids is 3. The Morgan fingerprint density at radius 1 is 1.38 bits per heavy atom. The number of aromatic nitrogens is 1. The van der Waals surface area contributed by atoms with Crippen molar-refractivity contribution in [3.8, 4) is 0 Å². The predicted molar refractivity (Wildman–Crippen MR) is 107 cm³/mol. The van der Waals surface area contributed by atoms with E-state index in [0.717, 1.165) is 16.7 Å². The Hall–Kier alpha value is -2.65. The highest BCUT2D eigenvalue weighted by molar-refractivity contribution is 8.18. The Morgan fingerprint density at radius 3 is 2.83 bits per heavy atom. The molecule has 7 nitrogen and oxygen atoms in total. The second-order valence-corrected chi connectivity index (χ2v) is 7.56. The number of imide groups is 1. The Labute approximate surface area is 175 Å². The maximum Gasteiger partial charge on any atom is 0.293 e. The number of amides is 3. The predicted octanol–water partition coefficient (Wildman–Crippen LogP) is 3.56. The van der Waals surface area contributed by atoms with E-state index < -0.39 is 17.0 Å². The Kier molecular flexibility index (Phi) is 6.71. The van der Waals surface area contributed by atoms with Crippen LogP contribution in [-0.4, -0.2) is 40.2 Å². The molecule has 1 saturated heterocycles. The van der Waals surface area contributed by atoms with E-state index in [2.05, 4.69) is 10.5 Å². The molecule has 152 valence electrons. The van der Waals surface area contributed by atoms with Gasteiger partial charge in [0.05, 0.1) is 10.6 Å². The van der Waals surface area contributed by atoms with Crippen molar-refractivity contribution < 1.29 is 23.3 Å². The van der Waals surface area contributed by atoms with Gasteiger partial charge in [0.2, 0.25) is 11.1 Å². The third kappa shape index (κ3) is 5.04. The molecule has 0 unspecified atom stereocenters. The van der Waals surface area contributed by atoms with Crippen molar-refractivity contribution in [2.45, 2.75) is 19.8 Å². The third-order valence-corrected chi connectivity index (χ3v) is 5.47. The van der Waals surface area contributed by atoms with Crippen LogP contribution in [0.15, 0.2) is 33.7 Å². The van der Waals surface area contributed by atoms with Crippen LogP contribution in [0.25, 0.3) is 6.08 Å². The van der Waals surface area contributed by atoms with Crippen LogP contribution in [-0.2, 0) is 16.0 Å². The zero-order valence-corrected chi connectivity index (χ0v) is 17.0. The number of aryl methyl sites for hydroxylation is 1. The molecule has 0 saturated carbocycles. The van der Waals surface area contributed by atoms with Crippen LogP contribution >= 0.6 is 23.4 Å². The molecule has 1 aliphatic heterocycles. The summed E-state index contributed by atoms with van der Waals surface area (Å²) in [7, 11) is 0. The summed E-state index contributed by atoms with van der Waals surface area (Å²) in [6.07, 6.45) is 1.88. The number of carbonyl (C=O) groups is 3. The highest BCUT2D eigenvalue weighted by Gasteiger charge is 2.34. The number of halogens is 2. The van der Waals surface area contributed by atoms with Gasteiger partial charge in [0, 0.05) is 30.6 Å². The van der Waals surface area contributed by atoms with Gasteiger partial charge >= 0.3 is 0 Å². The lowest BCUT2D eigenvalue weighted by Gasteiger charge is -2.13. The highest BCUT2D eigenvalue weighted by atomic mass is 35.5. The summed E-state index contributed by atoms with van der Waals surface area (Å²) in [5, 5.41) is 6.08. The molecular weight excluding hydrogens is 421 g/mol. The largest absolute Gasteiger partial charge is 0.354 e. The van der Waals surface area contributed by atoms with E-state index in [4.69, 9.17) is 16.1 Å². The molecule has 0 aliphatic carbocycles. The fraction of sp³-hybridized carbons (Fsp3) is 0.263. The monoisotopic (exact) mass is 437 g/mol. The van der Waals surface area contributed by atoms with Gasteiger partial charge in [-0.25, -0.2) is 4.39 Å². The molecule has 3 rings (SSSR count). The lowest BCUT2D eigenvalue weighted by molar-refractivity contribution is -0.124. The van der Waals surface area contributed by atoms with Gasteiger partial charge < -0.3 is 9.84 Å². The SMILES string of the molecule is Cc1noc(Cl)c1CCC(=O)NCCN1C(=O)S/C(=C\c2ccccc2F)C1=O. The Bertz CT molecular complexity index is 972. The molecule has 2 aromatic rings. The normalized spacial score (nSPS) is 15.4. The molecule has 3 amide bonds.